The molecule has 0 heterocycles. The van der Waals surface area contributed by atoms with Crippen LogP contribution in [0.5, 0.6) is 0 Å². The fourth-order valence-electron chi connectivity index (χ4n) is 1.28. The Labute approximate surface area is 114 Å². The predicted octanol–water partition coefficient (Wildman–Crippen LogP) is 3.78. The minimum absolute atomic E-state index is 0.205. The van der Waals surface area contributed by atoms with Crippen molar-refractivity contribution in [1.82, 2.24) is 5.32 Å². The van der Waals surface area contributed by atoms with Crippen molar-refractivity contribution in [3.05, 3.63) is 0 Å². The van der Waals surface area contributed by atoms with E-state index in [1.165, 1.54) is 17.3 Å². The maximum Gasteiger partial charge on any atom is 0.220 e. The first-order valence-electron chi connectivity index (χ1n) is 6.20. The summed E-state index contributed by atoms with van der Waals surface area (Å²) in [6, 6.07) is 0. The minimum Gasteiger partial charge on any atom is -0.356 e. The molecular formula is C13H26INO. The quantitative estimate of drug-likeness (QED) is 0.427. The molecule has 0 aromatic rings. The van der Waals surface area contributed by atoms with Crippen LogP contribution >= 0.6 is 22.6 Å². The molecule has 0 bridgehead atoms. The van der Waals surface area contributed by atoms with Gasteiger partial charge >= 0.3 is 0 Å². The standard InChI is InChI=1S/C13H26INO/c1-11(13(2,3)4)10-12(16)15-9-7-5-6-8-14/h11H,5-10H2,1-4H3,(H,15,16). The van der Waals surface area contributed by atoms with Crippen LogP contribution in [0.1, 0.15) is 53.4 Å². The Balaban J connectivity index is 3.59. The van der Waals surface area contributed by atoms with Gasteiger partial charge in [-0.2, -0.15) is 0 Å². The van der Waals surface area contributed by atoms with E-state index in [2.05, 4.69) is 55.6 Å². The summed E-state index contributed by atoms with van der Waals surface area (Å²) in [5.74, 6) is 0.638. The lowest BCUT2D eigenvalue weighted by atomic mass is 9.80. The van der Waals surface area contributed by atoms with Crippen LogP contribution in [0, 0.1) is 11.3 Å². The highest BCUT2D eigenvalue weighted by Crippen LogP contribution is 2.27. The van der Waals surface area contributed by atoms with Crippen molar-refractivity contribution in [3.8, 4) is 0 Å². The monoisotopic (exact) mass is 339 g/mol. The van der Waals surface area contributed by atoms with Crippen LogP contribution < -0.4 is 5.32 Å². The van der Waals surface area contributed by atoms with Crippen LogP contribution in [0.25, 0.3) is 0 Å². The van der Waals surface area contributed by atoms with Crippen molar-refractivity contribution in [1.29, 1.82) is 0 Å². The zero-order valence-electron chi connectivity index (χ0n) is 11.1. The van der Waals surface area contributed by atoms with Gasteiger partial charge in [0.1, 0.15) is 0 Å². The van der Waals surface area contributed by atoms with Gasteiger partial charge in [0.25, 0.3) is 0 Å². The number of hydrogen-bond acceptors (Lipinski definition) is 1. The second-order valence-electron chi connectivity index (χ2n) is 5.57. The number of hydrogen-bond donors (Lipinski definition) is 1. The first-order chi connectivity index (χ1) is 7.38. The molecule has 0 aromatic carbocycles. The topological polar surface area (TPSA) is 29.1 Å². The Hall–Kier alpha value is 0.200. The van der Waals surface area contributed by atoms with Gasteiger partial charge in [-0.1, -0.05) is 56.7 Å². The summed E-state index contributed by atoms with van der Waals surface area (Å²) < 4.78 is 1.22. The van der Waals surface area contributed by atoms with Crippen LogP contribution in [0.4, 0.5) is 0 Å². The molecular weight excluding hydrogens is 313 g/mol. The van der Waals surface area contributed by atoms with E-state index in [1.54, 1.807) is 0 Å². The number of carbonyl (C=O) groups excluding carboxylic acids is 1. The lowest BCUT2D eigenvalue weighted by molar-refractivity contribution is -0.122. The molecule has 96 valence electrons. The van der Waals surface area contributed by atoms with Gasteiger partial charge in [-0.05, 0) is 28.6 Å². The summed E-state index contributed by atoms with van der Waals surface area (Å²) in [4.78, 5) is 11.6. The van der Waals surface area contributed by atoms with Crippen molar-refractivity contribution in [3.63, 3.8) is 0 Å². The molecule has 2 nitrogen and oxygen atoms in total. The Kier molecular flexibility index (Phi) is 8.42. The predicted molar refractivity (Wildman–Crippen MR) is 79.0 cm³/mol. The number of carbonyl (C=O) groups is 1. The minimum atomic E-state index is 0.205. The normalized spacial score (nSPS) is 13.6. The van der Waals surface area contributed by atoms with Crippen molar-refractivity contribution in [2.75, 3.05) is 11.0 Å². The number of nitrogens with one attached hydrogen (secondary N) is 1. The third-order valence-corrected chi connectivity index (χ3v) is 3.87. The second kappa shape index (κ2) is 8.31. The van der Waals surface area contributed by atoms with E-state index in [0.29, 0.717) is 12.3 Å². The highest BCUT2D eigenvalue weighted by atomic mass is 127. The summed E-state index contributed by atoms with van der Waals surface area (Å²) in [5, 5.41) is 3.00. The van der Waals surface area contributed by atoms with Crippen LogP contribution in [0.3, 0.4) is 0 Å². The molecule has 16 heavy (non-hydrogen) atoms. The Morgan fingerprint density at radius 2 is 1.88 bits per heavy atom. The number of rotatable bonds is 7. The van der Waals surface area contributed by atoms with Crippen LogP contribution in [-0.4, -0.2) is 16.9 Å². The molecule has 0 rings (SSSR count). The average Bonchev–Trinajstić information content (AvgIpc) is 2.16. The maximum atomic E-state index is 11.6. The van der Waals surface area contributed by atoms with E-state index in [0.717, 1.165) is 13.0 Å². The molecule has 0 saturated carbocycles. The fraction of sp³-hybridized carbons (Fsp3) is 0.923. The zero-order chi connectivity index (χ0) is 12.6. The summed E-state index contributed by atoms with van der Waals surface area (Å²) in [7, 11) is 0. The number of amides is 1. The van der Waals surface area contributed by atoms with Gasteiger partial charge in [0.05, 0.1) is 0 Å². The van der Waals surface area contributed by atoms with Crippen LogP contribution in [0.15, 0.2) is 0 Å². The smallest absolute Gasteiger partial charge is 0.220 e. The highest BCUT2D eigenvalue weighted by Gasteiger charge is 2.22. The first kappa shape index (κ1) is 16.2. The third kappa shape index (κ3) is 8.36. The van der Waals surface area contributed by atoms with Gasteiger partial charge in [0.2, 0.25) is 5.91 Å². The molecule has 1 atom stereocenters. The third-order valence-electron chi connectivity index (χ3n) is 3.10. The van der Waals surface area contributed by atoms with Crippen molar-refractivity contribution < 1.29 is 4.79 Å². The lowest BCUT2D eigenvalue weighted by Crippen LogP contribution is -2.29. The molecule has 1 N–H and O–H groups in total. The van der Waals surface area contributed by atoms with Gasteiger partial charge in [0, 0.05) is 13.0 Å². The molecule has 3 heteroatoms. The number of unbranched alkanes of at least 4 members (excludes halogenated alkanes) is 2. The van der Waals surface area contributed by atoms with Gasteiger partial charge in [0.15, 0.2) is 0 Å². The molecule has 0 aromatic heterocycles. The van der Waals surface area contributed by atoms with Crippen molar-refractivity contribution in [2.24, 2.45) is 11.3 Å². The summed E-state index contributed by atoms with van der Waals surface area (Å²) >= 11 is 2.39. The largest absolute Gasteiger partial charge is 0.356 e. The second-order valence-corrected chi connectivity index (χ2v) is 6.65. The van der Waals surface area contributed by atoms with Gasteiger partial charge in [-0.25, -0.2) is 0 Å². The zero-order valence-corrected chi connectivity index (χ0v) is 13.3. The molecule has 0 aliphatic heterocycles. The molecule has 1 amide bonds. The molecule has 1 unspecified atom stereocenters. The van der Waals surface area contributed by atoms with E-state index in [9.17, 15) is 4.79 Å². The Morgan fingerprint density at radius 1 is 1.25 bits per heavy atom. The van der Waals surface area contributed by atoms with Gasteiger partial charge < -0.3 is 5.32 Å². The summed E-state index contributed by atoms with van der Waals surface area (Å²) in [6.07, 6.45) is 4.24. The molecule has 0 aliphatic carbocycles. The van der Waals surface area contributed by atoms with E-state index in [-0.39, 0.29) is 11.3 Å². The lowest BCUT2D eigenvalue weighted by Gasteiger charge is -2.26. The SMILES string of the molecule is CC(CC(=O)NCCCCCI)C(C)(C)C. The molecule has 0 saturated heterocycles. The van der Waals surface area contributed by atoms with E-state index >= 15 is 0 Å². The molecule has 0 spiro atoms. The fourth-order valence-corrected chi connectivity index (χ4v) is 1.82. The van der Waals surface area contributed by atoms with E-state index < -0.39 is 0 Å². The van der Waals surface area contributed by atoms with Crippen LogP contribution in [-0.2, 0) is 4.79 Å². The summed E-state index contributed by atoms with van der Waals surface area (Å²) in [6.45, 7) is 9.55. The van der Waals surface area contributed by atoms with Crippen molar-refractivity contribution >= 4 is 28.5 Å². The maximum absolute atomic E-state index is 11.6. The van der Waals surface area contributed by atoms with E-state index in [4.69, 9.17) is 0 Å². The number of alkyl halides is 1. The summed E-state index contributed by atoms with van der Waals surface area (Å²) in [5.41, 5.74) is 0.221. The molecule has 0 radical (unpaired) electrons. The van der Waals surface area contributed by atoms with Gasteiger partial charge in [-0.15, -0.1) is 0 Å². The molecule has 0 aliphatic rings. The Bertz CT molecular complexity index is 199. The molecule has 0 fully saturated rings. The number of halogens is 1. The van der Waals surface area contributed by atoms with E-state index in [1.807, 2.05) is 0 Å². The van der Waals surface area contributed by atoms with Crippen molar-refractivity contribution in [2.45, 2.75) is 53.4 Å². The first-order valence-corrected chi connectivity index (χ1v) is 7.73. The average molecular weight is 339 g/mol. The van der Waals surface area contributed by atoms with Crippen LogP contribution in [0.2, 0.25) is 0 Å². The highest BCUT2D eigenvalue weighted by molar-refractivity contribution is 14.1. The Morgan fingerprint density at radius 3 is 2.38 bits per heavy atom. The van der Waals surface area contributed by atoms with Gasteiger partial charge in [-0.3, -0.25) is 4.79 Å².